The molecule has 1 aliphatic carbocycles. The summed E-state index contributed by atoms with van der Waals surface area (Å²) >= 11 is 0.702. The molecule has 0 radical (unpaired) electrons. The maximum atomic E-state index is 17.0. The summed E-state index contributed by atoms with van der Waals surface area (Å²) < 4.78 is 103. The summed E-state index contributed by atoms with van der Waals surface area (Å²) in [6, 6.07) is 4.18. The van der Waals surface area contributed by atoms with Gasteiger partial charge in [-0.2, -0.15) is 28.4 Å². The molecule has 5 aliphatic rings. The number of ether oxygens (including phenoxy) is 2. The van der Waals surface area contributed by atoms with Crippen molar-refractivity contribution in [3.63, 3.8) is 0 Å². The lowest BCUT2D eigenvalue weighted by atomic mass is 9.89. The van der Waals surface area contributed by atoms with E-state index >= 15 is 4.39 Å². The van der Waals surface area contributed by atoms with Crippen LogP contribution in [0.15, 0.2) is 18.2 Å². The predicted molar refractivity (Wildman–Crippen MR) is 165 cm³/mol. The Morgan fingerprint density at radius 1 is 1.19 bits per heavy atom. The molecule has 4 saturated heterocycles. The molecule has 5 fully saturated rings. The number of nitrogens with two attached hydrogens (primary N) is 1. The van der Waals surface area contributed by atoms with Crippen LogP contribution in [-0.4, -0.2) is 71.6 Å². The first-order chi connectivity index (χ1) is 22.9. The SMILES string of the molecule is N#Cc1c(N)sc2c(F)ccc(-c3c(C(F)(F)F)cc4c(N5CC6CC5CO6)nc(OCC56CC(F)CN5CC5(CC5)C6)nc4c3F)c12. The maximum absolute atomic E-state index is 17.0. The van der Waals surface area contributed by atoms with E-state index in [4.69, 9.17) is 15.2 Å². The molecule has 9 rings (SSSR count). The molecule has 0 amide bonds. The Balaban J connectivity index is 1.24. The van der Waals surface area contributed by atoms with Crippen LogP contribution in [0.3, 0.4) is 0 Å². The van der Waals surface area contributed by atoms with Gasteiger partial charge < -0.3 is 20.1 Å². The third-order valence-electron chi connectivity index (χ3n) is 10.9. The van der Waals surface area contributed by atoms with Crippen molar-refractivity contribution < 1.29 is 35.8 Å². The minimum absolute atomic E-state index is 0.0443. The second-order valence-corrected chi connectivity index (χ2v) is 15.0. The van der Waals surface area contributed by atoms with Crippen molar-refractivity contribution >= 4 is 43.1 Å². The predicted octanol–water partition coefficient (Wildman–Crippen LogP) is 6.59. The van der Waals surface area contributed by atoms with Gasteiger partial charge in [-0.25, -0.2) is 13.2 Å². The van der Waals surface area contributed by atoms with Crippen molar-refractivity contribution in [2.45, 2.75) is 62.1 Å². The summed E-state index contributed by atoms with van der Waals surface area (Å²) in [5.41, 5.74) is 2.31. The fourth-order valence-corrected chi connectivity index (χ4v) is 9.60. The first kappa shape index (κ1) is 30.2. The molecule has 1 saturated carbocycles. The summed E-state index contributed by atoms with van der Waals surface area (Å²) in [6.07, 6.45) is -2.44. The van der Waals surface area contributed by atoms with E-state index in [0.29, 0.717) is 37.5 Å². The van der Waals surface area contributed by atoms with Crippen LogP contribution in [0.5, 0.6) is 6.01 Å². The quantitative estimate of drug-likeness (QED) is 0.235. The first-order valence-corrected chi connectivity index (χ1v) is 16.6. The Morgan fingerprint density at radius 2 is 2.00 bits per heavy atom. The van der Waals surface area contributed by atoms with E-state index in [-0.39, 0.29) is 74.0 Å². The van der Waals surface area contributed by atoms with Crippen molar-refractivity contribution in [1.82, 2.24) is 14.9 Å². The monoisotopic (exact) mass is 686 g/mol. The van der Waals surface area contributed by atoms with E-state index in [1.807, 2.05) is 6.07 Å². The Kier molecular flexibility index (Phi) is 6.35. The molecule has 4 unspecified atom stereocenters. The van der Waals surface area contributed by atoms with Gasteiger partial charge in [0.15, 0.2) is 5.82 Å². The molecule has 48 heavy (non-hydrogen) atoms. The van der Waals surface area contributed by atoms with Crippen LogP contribution in [0.4, 0.5) is 37.2 Å². The highest BCUT2D eigenvalue weighted by Gasteiger charge is 2.62. The minimum atomic E-state index is -5.06. The number of rotatable bonds is 5. The Hall–Kier alpha value is -3.87. The van der Waals surface area contributed by atoms with Gasteiger partial charge in [0.1, 0.15) is 41.0 Å². The van der Waals surface area contributed by atoms with Crippen molar-refractivity contribution in [3.05, 3.63) is 41.0 Å². The van der Waals surface area contributed by atoms with Gasteiger partial charge in [0.2, 0.25) is 0 Å². The zero-order chi connectivity index (χ0) is 33.3. The van der Waals surface area contributed by atoms with Crippen LogP contribution < -0.4 is 15.4 Å². The van der Waals surface area contributed by atoms with E-state index < -0.39 is 46.2 Å². The van der Waals surface area contributed by atoms with Gasteiger partial charge in [-0.15, -0.1) is 11.3 Å². The van der Waals surface area contributed by atoms with E-state index in [0.717, 1.165) is 44.0 Å². The Labute approximate surface area is 274 Å². The fourth-order valence-electron chi connectivity index (χ4n) is 8.65. The average Bonchev–Trinajstić information content (AvgIpc) is 3.45. The molecule has 2 aromatic heterocycles. The second-order valence-electron chi connectivity index (χ2n) is 14.0. The molecule has 1 spiro atoms. The fraction of sp³-hybridized carbons (Fsp3) is 0.485. The highest BCUT2D eigenvalue weighted by molar-refractivity contribution is 7.23. The number of halogens is 6. The minimum Gasteiger partial charge on any atom is -0.461 e. The number of benzene rings is 2. The van der Waals surface area contributed by atoms with Crippen molar-refractivity contribution in [1.29, 1.82) is 5.26 Å². The Bertz CT molecular complexity index is 2080. The molecule has 4 aromatic rings. The van der Waals surface area contributed by atoms with E-state index in [1.54, 1.807) is 4.90 Å². The highest BCUT2D eigenvalue weighted by Crippen LogP contribution is 2.61. The summed E-state index contributed by atoms with van der Waals surface area (Å²) in [5, 5.41) is 9.33. The number of nitrogens with zero attached hydrogens (tertiary/aromatic N) is 5. The third kappa shape index (κ3) is 4.41. The number of aromatic nitrogens is 2. The van der Waals surface area contributed by atoms with Crippen molar-refractivity contribution in [2.75, 3.05) is 43.5 Å². The molecule has 6 heterocycles. The van der Waals surface area contributed by atoms with Crippen LogP contribution in [0, 0.1) is 28.4 Å². The summed E-state index contributed by atoms with van der Waals surface area (Å²) in [6.45, 7) is 1.79. The lowest BCUT2D eigenvalue weighted by Crippen LogP contribution is -2.43. The van der Waals surface area contributed by atoms with Crippen LogP contribution in [-0.2, 0) is 10.9 Å². The van der Waals surface area contributed by atoms with Gasteiger partial charge in [0.25, 0.3) is 0 Å². The first-order valence-electron chi connectivity index (χ1n) is 15.8. The van der Waals surface area contributed by atoms with E-state index in [2.05, 4.69) is 14.9 Å². The number of morpholine rings is 1. The molecular formula is C33H28F6N6O2S. The number of nitrogen functional groups attached to an aromatic ring is 1. The molecule has 2 aromatic carbocycles. The van der Waals surface area contributed by atoms with Crippen molar-refractivity contribution in [2.24, 2.45) is 5.41 Å². The van der Waals surface area contributed by atoms with Gasteiger partial charge in [-0.1, -0.05) is 6.07 Å². The molecule has 8 nitrogen and oxygen atoms in total. The number of thiophene rings is 1. The molecule has 4 aliphatic heterocycles. The largest absolute Gasteiger partial charge is 0.461 e. The highest BCUT2D eigenvalue weighted by atomic mass is 32.1. The molecule has 250 valence electrons. The number of fused-ring (bicyclic) bond motifs is 5. The summed E-state index contributed by atoms with van der Waals surface area (Å²) in [4.78, 5) is 12.9. The normalized spacial score (nSPS) is 27.4. The number of alkyl halides is 4. The van der Waals surface area contributed by atoms with Gasteiger partial charge in [0, 0.05) is 42.4 Å². The van der Waals surface area contributed by atoms with Crippen molar-refractivity contribution in [3.8, 4) is 23.2 Å². The third-order valence-corrected chi connectivity index (χ3v) is 11.9. The van der Waals surface area contributed by atoms with Gasteiger partial charge in [-0.05, 0) is 48.8 Å². The van der Waals surface area contributed by atoms with Crippen LogP contribution >= 0.6 is 11.3 Å². The zero-order valence-electron chi connectivity index (χ0n) is 25.3. The number of anilines is 2. The topological polar surface area (TPSA) is 101 Å². The zero-order valence-corrected chi connectivity index (χ0v) is 26.2. The smallest absolute Gasteiger partial charge is 0.417 e. The molecule has 4 atom stereocenters. The molecular weight excluding hydrogens is 658 g/mol. The van der Waals surface area contributed by atoms with E-state index in [9.17, 15) is 27.2 Å². The lowest BCUT2D eigenvalue weighted by molar-refractivity contribution is -0.137. The van der Waals surface area contributed by atoms with Crippen LogP contribution in [0.2, 0.25) is 0 Å². The number of hydrogen-bond acceptors (Lipinski definition) is 9. The second kappa shape index (κ2) is 10.1. The number of nitriles is 1. The lowest BCUT2D eigenvalue weighted by Gasteiger charge is -2.32. The van der Waals surface area contributed by atoms with Gasteiger partial charge in [-0.3, -0.25) is 4.90 Å². The molecule has 15 heteroatoms. The number of hydrogen-bond donors (Lipinski definition) is 1. The maximum Gasteiger partial charge on any atom is 0.417 e. The molecule has 2 N–H and O–H groups in total. The standard InChI is InChI=1S/C33H28F6N6O2S/c34-15-7-32(12-31(3-4-31)13-44(32)9-15)14-47-30-42-26-19(29(43-30)45-10-17-5-16(45)11-46-17)6-21(33(37,38)39)24(25(26)36)18-1-2-22(35)27-23(18)20(8-40)28(41)48-27/h1-2,6,15-17H,3-5,7,9-14,41H2. The van der Waals surface area contributed by atoms with Crippen LogP contribution in [0.1, 0.15) is 43.2 Å². The van der Waals surface area contributed by atoms with Crippen LogP contribution in [0.25, 0.3) is 32.1 Å². The molecule has 2 bridgehead atoms. The van der Waals surface area contributed by atoms with Gasteiger partial charge in [0.05, 0.1) is 40.1 Å². The summed E-state index contributed by atoms with van der Waals surface area (Å²) in [7, 11) is 0. The Morgan fingerprint density at radius 3 is 2.69 bits per heavy atom. The summed E-state index contributed by atoms with van der Waals surface area (Å²) in [5.74, 6) is -2.04. The van der Waals surface area contributed by atoms with E-state index in [1.165, 1.54) is 0 Å². The average molecular weight is 687 g/mol. The van der Waals surface area contributed by atoms with Gasteiger partial charge >= 0.3 is 12.2 Å².